The van der Waals surface area contributed by atoms with Crippen molar-refractivity contribution in [3.05, 3.63) is 15.3 Å². The van der Waals surface area contributed by atoms with Crippen LogP contribution in [0.2, 0.25) is 0 Å². The summed E-state index contributed by atoms with van der Waals surface area (Å²) in [5, 5.41) is 3.46. The summed E-state index contributed by atoms with van der Waals surface area (Å²) < 4.78 is 4.71. The van der Waals surface area contributed by atoms with E-state index < -0.39 is 0 Å². The Kier molecular flexibility index (Phi) is 1.67. The van der Waals surface area contributed by atoms with Crippen LogP contribution in [-0.2, 0) is 16.8 Å². The van der Waals surface area contributed by atoms with E-state index >= 15 is 0 Å². The van der Waals surface area contributed by atoms with Crippen molar-refractivity contribution >= 4 is 23.0 Å². The Hall–Kier alpha value is -1.07. The van der Waals surface area contributed by atoms with Gasteiger partial charge in [-0.25, -0.2) is 4.79 Å². The van der Waals surface area contributed by atoms with E-state index in [0.717, 1.165) is 24.9 Å². The van der Waals surface area contributed by atoms with Crippen molar-refractivity contribution in [2.75, 3.05) is 12.8 Å². The molecule has 2 aliphatic rings. The molecule has 0 unspecified atom stereocenters. The second kappa shape index (κ2) is 2.74. The summed E-state index contributed by atoms with van der Waals surface area (Å²) >= 11 is 1.49. The van der Waals surface area contributed by atoms with Gasteiger partial charge in [-0.3, -0.25) is 0 Å². The molecule has 15 heavy (non-hydrogen) atoms. The number of carbonyl (C=O) groups is 1. The average molecular weight is 224 g/mol. The third kappa shape index (κ3) is 1.07. The van der Waals surface area contributed by atoms with Gasteiger partial charge in [-0.05, 0) is 12.8 Å². The van der Waals surface area contributed by atoms with Gasteiger partial charge in [0, 0.05) is 17.0 Å². The average Bonchev–Trinajstić information content (AvgIpc) is 2.82. The number of nitrogens with one attached hydrogen (secondary N) is 1. The maximum atomic E-state index is 11.5. The van der Waals surface area contributed by atoms with E-state index in [0.29, 0.717) is 10.6 Å². The molecular weight excluding hydrogens is 212 g/mol. The molecule has 3 N–H and O–H groups in total. The summed E-state index contributed by atoms with van der Waals surface area (Å²) in [5.74, 6) is -0.317. The number of methoxy groups -OCH3 is 1. The van der Waals surface area contributed by atoms with E-state index in [1.165, 1.54) is 23.3 Å². The molecule has 3 rings (SSSR count). The lowest BCUT2D eigenvalue weighted by atomic mass is 10.2. The van der Waals surface area contributed by atoms with Crippen LogP contribution in [0, 0.1) is 0 Å². The molecule has 80 valence electrons. The number of nitrogen functional groups attached to an aromatic ring is 1. The molecule has 1 saturated carbocycles. The lowest BCUT2D eigenvalue weighted by Gasteiger charge is -2.05. The molecule has 0 atom stereocenters. The first-order chi connectivity index (χ1) is 7.18. The second-order valence-electron chi connectivity index (χ2n) is 4.08. The molecule has 5 heteroatoms. The Morgan fingerprint density at radius 2 is 2.33 bits per heavy atom. The van der Waals surface area contributed by atoms with Crippen molar-refractivity contribution in [3.8, 4) is 0 Å². The second-order valence-corrected chi connectivity index (χ2v) is 5.10. The van der Waals surface area contributed by atoms with Gasteiger partial charge in [0.05, 0.1) is 18.3 Å². The molecule has 1 spiro atoms. The summed E-state index contributed by atoms with van der Waals surface area (Å²) in [7, 11) is 1.39. The van der Waals surface area contributed by atoms with Crippen molar-refractivity contribution in [2.24, 2.45) is 0 Å². The van der Waals surface area contributed by atoms with Crippen molar-refractivity contribution in [3.63, 3.8) is 0 Å². The number of hydrogen-bond donors (Lipinski definition) is 2. The SMILES string of the molecule is COC(=O)c1sc2c(c1N)CNC21CC1. The number of ether oxygens (including phenoxy) is 1. The molecule has 0 saturated heterocycles. The Morgan fingerprint density at radius 1 is 1.60 bits per heavy atom. The van der Waals surface area contributed by atoms with E-state index in [2.05, 4.69) is 5.32 Å². The molecule has 4 nitrogen and oxygen atoms in total. The van der Waals surface area contributed by atoms with E-state index in [4.69, 9.17) is 10.5 Å². The fourth-order valence-corrected chi connectivity index (χ4v) is 3.53. The van der Waals surface area contributed by atoms with Crippen molar-refractivity contribution < 1.29 is 9.53 Å². The normalized spacial score (nSPS) is 20.3. The highest BCUT2D eigenvalue weighted by atomic mass is 32.1. The third-order valence-electron chi connectivity index (χ3n) is 3.21. The first kappa shape index (κ1) is 9.18. The number of thiophene rings is 1. The molecule has 2 heterocycles. The monoisotopic (exact) mass is 224 g/mol. The van der Waals surface area contributed by atoms with Gasteiger partial charge < -0.3 is 15.8 Å². The number of anilines is 1. The van der Waals surface area contributed by atoms with Crippen LogP contribution in [-0.4, -0.2) is 13.1 Å². The van der Waals surface area contributed by atoms with Crippen LogP contribution in [0.25, 0.3) is 0 Å². The third-order valence-corrected chi connectivity index (χ3v) is 4.64. The number of hydrogen-bond acceptors (Lipinski definition) is 5. The summed E-state index contributed by atoms with van der Waals surface area (Å²) in [4.78, 5) is 13.3. The molecule has 1 aromatic heterocycles. The van der Waals surface area contributed by atoms with E-state index in [9.17, 15) is 4.79 Å². The predicted molar refractivity (Wildman–Crippen MR) is 57.8 cm³/mol. The quantitative estimate of drug-likeness (QED) is 0.704. The van der Waals surface area contributed by atoms with Crippen LogP contribution in [0.15, 0.2) is 0 Å². The van der Waals surface area contributed by atoms with Crippen LogP contribution in [0.5, 0.6) is 0 Å². The molecule has 0 radical (unpaired) electrons. The largest absolute Gasteiger partial charge is 0.465 e. The Morgan fingerprint density at radius 3 is 2.93 bits per heavy atom. The summed E-state index contributed by atoms with van der Waals surface area (Å²) in [5.41, 5.74) is 7.82. The number of esters is 1. The molecular formula is C10H12N2O2S. The van der Waals surface area contributed by atoms with Crippen LogP contribution in [0.3, 0.4) is 0 Å². The van der Waals surface area contributed by atoms with Gasteiger partial charge in [-0.1, -0.05) is 0 Å². The maximum absolute atomic E-state index is 11.5. The Labute approximate surface area is 91.4 Å². The van der Waals surface area contributed by atoms with Gasteiger partial charge in [0.2, 0.25) is 0 Å². The van der Waals surface area contributed by atoms with E-state index in [1.807, 2.05) is 0 Å². The van der Waals surface area contributed by atoms with Gasteiger partial charge in [0.25, 0.3) is 0 Å². The number of carbonyl (C=O) groups excluding carboxylic acids is 1. The molecule has 1 fully saturated rings. The number of fused-ring (bicyclic) bond motifs is 2. The van der Waals surface area contributed by atoms with E-state index in [-0.39, 0.29) is 11.5 Å². The summed E-state index contributed by atoms with van der Waals surface area (Å²) in [6.45, 7) is 0.786. The smallest absolute Gasteiger partial charge is 0.350 e. The molecule has 1 aliphatic carbocycles. The van der Waals surface area contributed by atoms with Crippen LogP contribution < -0.4 is 11.1 Å². The Balaban J connectivity index is 2.10. The van der Waals surface area contributed by atoms with Gasteiger partial charge in [-0.2, -0.15) is 0 Å². The van der Waals surface area contributed by atoms with Crippen molar-refractivity contribution in [1.82, 2.24) is 5.32 Å². The lowest BCUT2D eigenvalue weighted by molar-refractivity contribution is 0.0607. The first-order valence-electron chi connectivity index (χ1n) is 4.93. The molecule has 1 aliphatic heterocycles. The van der Waals surface area contributed by atoms with Gasteiger partial charge in [-0.15, -0.1) is 11.3 Å². The molecule has 0 bridgehead atoms. The summed E-state index contributed by atoms with van der Waals surface area (Å²) in [6.07, 6.45) is 2.31. The molecule has 0 aromatic carbocycles. The minimum absolute atomic E-state index is 0.153. The highest BCUT2D eigenvalue weighted by Gasteiger charge is 2.51. The maximum Gasteiger partial charge on any atom is 0.350 e. The van der Waals surface area contributed by atoms with Crippen LogP contribution >= 0.6 is 11.3 Å². The minimum atomic E-state index is -0.317. The predicted octanol–water partition coefficient (Wildman–Crippen LogP) is 1.21. The van der Waals surface area contributed by atoms with Gasteiger partial charge >= 0.3 is 5.97 Å². The lowest BCUT2D eigenvalue weighted by Crippen LogP contribution is -2.19. The van der Waals surface area contributed by atoms with E-state index in [1.54, 1.807) is 0 Å². The van der Waals surface area contributed by atoms with Crippen LogP contribution in [0.4, 0.5) is 5.69 Å². The number of nitrogens with two attached hydrogens (primary N) is 1. The van der Waals surface area contributed by atoms with Crippen LogP contribution in [0.1, 0.15) is 33.0 Å². The standard InChI is InChI=1S/C10H12N2O2S/c1-14-9(13)7-6(11)5-4-12-10(2-3-10)8(5)15-7/h12H,2-4,11H2,1H3. The highest BCUT2D eigenvalue weighted by Crippen LogP contribution is 2.55. The topological polar surface area (TPSA) is 64.3 Å². The molecule has 0 amide bonds. The summed E-state index contributed by atoms with van der Waals surface area (Å²) in [6, 6.07) is 0. The molecule has 1 aromatic rings. The van der Waals surface area contributed by atoms with Crippen molar-refractivity contribution in [1.29, 1.82) is 0 Å². The highest BCUT2D eigenvalue weighted by molar-refractivity contribution is 7.15. The zero-order chi connectivity index (χ0) is 10.6. The fourth-order valence-electron chi connectivity index (χ4n) is 2.15. The van der Waals surface area contributed by atoms with Crippen molar-refractivity contribution in [2.45, 2.75) is 24.9 Å². The zero-order valence-electron chi connectivity index (χ0n) is 8.42. The van der Waals surface area contributed by atoms with Gasteiger partial charge in [0.1, 0.15) is 4.88 Å². The Bertz CT molecular complexity index is 449. The fraction of sp³-hybridized carbons (Fsp3) is 0.500. The zero-order valence-corrected chi connectivity index (χ0v) is 9.24. The minimum Gasteiger partial charge on any atom is -0.465 e. The first-order valence-corrected chi connectivity index (χ1v) is 5.74. The number of rotatable bonds is 1. The van der Waals surface area contributed by atoms with Gasteiger partial charge in [0.15, 0.2) is 0 Å².